The van der Waals surface area contributed by atoms with Crippen LogP contribution < -0.4 is 20.3 Å². The average Bonchev–Trinajstić information content (AvgIpc) is 3.13. The SMILES string of the molecule is Cc1cccc2cc(CCC(=O)NCc3ccc4c(c3)OCO4)c(=O)[nH]c12. The Hall–Kier alpha value is -3.28. The quantitative estimate of drug-likeness (QED) is 0.730. The summed E-state index contributed by atoms with van der Waals surface area (Å²) in [6.45, 7) is 2.59. The highest BCUT2D eigenvalue weighted by atomic mass is 16.7. The first-order chi connectivity index (χ1) is 13.1. The third-order valence-corrected chi connectivity index (χ3v) is 4.71. The number of fused-ring (bicyclic) bond motifs is 2. The molecule has 0 spiro atoms. The molecule has 0 radical (unpaired) electrons. The molecule has 2 N–H and O–H groups in total. The predicted molar refractivity (Wildman–Crippen MR) is 102 cm³/mol. The number of carbonyl (C=O) groups excluding carboxylic acids is 1. The van der Waals surface area contributed by atoms with Gasteiger partial charge in [-0.1, -0.05) is 24.3 Å². The molecule has 1 amide bonds. The first kappa shape index (κ1) is 17.1. The molecule has 0 bridgehead atoms. The fourth-order valence-electron chi connectivity index (χ4n) is 3.20. The standard InChI is InChI=1S/C21H20N2O4/c1-13-3-2-4-15-10-16(21(25)23-20(13)15)6-8-19(24)22-11-14-5-7-17-18(9-14)27-12-26-17/h2-5,7,9-10H,6,8,11-12H2,1H3,(H,22,24)(H,23,25). The highest BCUT2D eigenvalue weighted by Crippen LogP contribution is 2.32. The molecule has 0 saturated carbocycles. The lowest BCUT2D eigenvalue weighted by molar-refractivity contribution is -0.121. The Kier molecular flexibility index (Phi) is 4.54. The highest BCUT2D eigenvalue weighted by molar-refractivity contribution is 5.82. The van der Waals surface area contributed by atoms with Crippen LogP contribution in [0.5, 0.6) is 11.5 Å². The Bertz CT molecular complexity index is 1070. The minimum absolute atomic E-state index is 0.101. The molecule has 0 aliphatic carbocycles. The van der Waals surface area contributed by atoms with Crippen LogP contribution in [0.1, 0.15) is 23.1 Å². The van der Waals surface area contributed by atoms with E-state index in [0.29, 0.717) is 24.3 Å². The summed E-state index contributed by atoms with van der Waals surface area (Å²) in [4.78, 5) is 27.4. The molecule has 1 aliphatic heterocycles. The molecule has 27 heavy (non-hydrogen) atoms. The lowest BCUT2D eigenvalue weighted by atomic mass is 10.1. The van der Waals surface area contributed by atoms with Gasteiger partial charge in [-0.2, -0.15) is 0 Å². The normalized spacial score (nSPS) is 12.3. The number of pyridine rings is 1. The third-order valence-electron chi connectivity index (χ3n) is 4.71. The van der Waals surface area contributed by atoms with E-state index in [0.717, 1.165) is 27.8 Å². The molecule has 138 valence electrons. The van der Waals surface area contributed by atoms with E-state index >= 15 is 0 Å². The van der Waals surface area contributed by atoms with E-state index in [1.165, 1.54) is 0 Å². The summed E-state index contributed by atoms with van der Waals surface area (Å²) in [6, 6.07) is 13.3. The average molecular weight is 364 g/mol. The number of para-hydroxylation sites is 1. The number of hydrogen-bond donors (Lipinski definition) is 2. The van der Waals surface area contributed by atoms with Gasteiger partial charge in [0.2, 0.25) is 12.7 Å². The first-order valence-electron chi connectivity index (χ1n) is 8.87. The fourth-order valence-corrected chi connectivity index (χ4v) is 3.20. The summed E-state index contributed by atoms with van der Waals surface area (Å²) < 4.78 is 10.6. The van der Waals surface area contributed by atoms with Crippen LogP contribution in [0.3, 0.4) is 0 Å². The number of nitrogens with one attached hydrogen (secondary N) is 2. The number of rotatable bonds is 5. The smallest absolute Gasteiger partial charge is 0.251 e. The van der Waals surface area contributed by atoms with E-state index in [1.807, 2.05) is 49.4 Å². The maximum atomic E-state index is 12.3. The van der Waals surface area contributed by atoms with Crippen molar-refractivity contribution in [1.29, 1.82) is 0 Å². The minimum atomic E-state index is -0.139. The predicted octanol–water partition coefficient (Wildman–Crippen LogP) is 2.81. The Balaban J connectivity index is 1.37. The third kappa shape index (κ3) is 3.65. The zero-order valence-electron chi connectivity index (χ0n) is 15.0. The van der Waals surface area contributed by atoms with Gasteiger partial charge in [-0.25, -0.2) is 0 Å². The second-order valence-corrected chi connectivity index (χ2v) is 6.63. The molecule has 6 nitrogen and oxygen atoms in total. The molecule has 2 aromatic carbocycles. The molecular formula is C21H20N2O4. The fraction of sp³-hybridized carbons (Fsp3) is 0.238. The summed E-state index contributed by atoms with van der Waals surface area (Å²) >= 11 is 0. The molecule has 1 aliphatic rings. The van der Waals surface area contributed by atoms with Gasteiger partial charge >= 0.3 is 0 Å². The molecule has 4 rings (SSSR count). The number of ether oxygens (including phenoxy) is 2. The van der Waals surface area contributed by atoms with Gasteiger partial charge in [0.15, 0.2) is 11.5 Å². The molecule has 0 unspecified atom stereocenters. The van der Waals surface area contributed by atoms with E-state index in [-0.39, 0.29) is 24.7 Å². The van der Waals surface area contributed by atoms with E-state index in [4.69, 9.17) is 9.47 Å². The van der Waals surface area contributed by atoms with Crippen molar-refractivity contribution >= 4 is 16.8 Å². The number of hydrogen-bond acceptors (Lipinski definition) is 4. The minimum Gasteiger partial charge on any atom is -0.454 e. The van der Waals surface area contributed by atoms with Crippen molar-refractivity contribution in [2.75, 3.05) is 6.79 Å². The van der Waals surface area contributed by atoms with Gasteiger partial charge in [-0.3, -0.25) is 9.59 Å². The Morgan fingerprint density at radius 3 is 2.89 bits per heavy atom. The lowest BCUT2D eigenvalue weighted by Gasteiger charge is -2.07. The second kappa shape index (κ2) is 7.15. The Morgan fingerprint density at radius 2 is 2.00 bits per heavy atom. The molecule has 0 saturated heterocycles. The number of benzene rings is 2. The van der Waals surface area contributed by atoms with Gasteiger partial charge in [-0.05, 0) is 48.1 Å². The number of carbonyl (C=O) groups is 1. The van der Waals surface area contributed by atoms with Crippen molar-refractivity contribution in [2.24, 2.45) is 0 Å². The van der Waals surface area contributed by atoms with Gasteiger partial charge in [0.05, 0.1) is 5.52 Å². The number of aromatic nitrogens is 1. The molecule has 6 heteroatoms. The summed E-state index contributed by atoms with van der Waals surface area (Å²) in [5.41, 5.74) is 3.29. The van der Waals surface area contributed by atoms with E-state index in [1.54, 1.807) is 0 Å². The van der Waals surface area contributed by atoms with Crippen molar-refractivity contribution < 1.29 is 14.3 Å². The van der Waals surface area contributed by atoms with Crippen molar-refractivity contribution in [2.45, 2.75) is 26.3 Å². The van der Waals surface area contributed by atoms with Gasteiger partial charge in [0.1, 0.15) is 0 Å². The Morgan fingerprint density at radius 1 is 1.15 bits per heavy atom. The summed E-state index contributed by atoms with van der Waals surface area (Å²) in [7, 11) is 0. The van der Waals surface area contributed by atoms with Gasteiger partial charge in [-0.15, -0.1) is 0 Å². The Labute approximate surface area is 156 Å². The largest absolute Gasteiger partial charge is 0.454 e. The van der Waals surface area contributed by atoms with Gasteiger partial charge in [0, 0.05) is 18.5 Å². The molecule has 0 atom stereocenters. The molecule has 0 fully saturated rings. The van der Waals surface area contributed by atoms with Crippen molar-refractivity contribution in [3.05, 3.63) is 69.5 Å². The van der Waals surface area contributed by atoms with Crippen LogP contribution in [-0.4, -0.2) is 17.7 Å². The van der Waals surface area contributed by atoms with Crippen LogP contribution in [0.2, 0.25) is 0 Å². The topological polar surface area (TPSA) is 80.4 Å². The highest BCUT2D eigenvalue weighted by Gasteiger charge is 2.13. The van der Waals surface area contributed by atoms with E-state index < -0.39 is 0 Å². The van der Waals surface area contributed by atoms with Crippen molar-refractivity contribution in [3.63, 3.8) is 0 Å². The van der Waals surface area contributed by atoms with Crippen molar-refractivity contribution in [3.8, 4) is 11.5 Å². The number of H-pyrrole nitrogens is 1. The molecule has 2 heterocycles. The van der Waals surface area contributed by atoms with Gasteiger partial charge in [0.25, 0.3) is 5.56 Å². The van der Waals surface area contributed by atoms with Crippen LogP contribution in [0.4, 0.5) is 0 Å². The molecule has 3 aromatic rings. The second-order valence-electron chi connectivity index (χ2n) is 6.63. The maximum absolute atomic E-state index is 12.3. The zero-order valence-corrected chi connectivity index (χ0v) is 15.0. The number of aromatic amines is 1. The lowest BCUT2D eigenvalue weighted by Crippen LogP contribution is -2.24. The van der Waals surface area contributed by atoms with Crippen LogP contribution in [0.15, 0.2) is 47.3 Å². The maximum Gasteiger partial charge on any atom is 0.251 e. The van der Waals surface area contributed by atoms with Crippen molar-refractivity contribution in [1.82, 2.24) is 10.3 Å². The van der Waals surface area contributed by atoms with Crippen LogP contribution in [0.25, 0.3) is 10.9 Å². The van der Waals surface area contributed by atoms with Gasteiger partial charge < -0.3 is 19.8 Å². The molecule has 1 aromatic heterocycles. The van der Waals surface area contributed by atoms with Crippen LogP contribution >= 0.6 is 0 Å². The summed E-state index contributed by atoms with van der Waals surface area (Å²) in [5.74, 6) is 1.31. The first-order valence-corrected chi connectivity index (χ1v) is 8.87. The summed E-state index contributed by atoms with van der Waals surface area (Å²) in [5, 5.41) is 3.86. The van der Waals surface area contributed by atoms with E-state index in [9.17, 15) is 9.59 Å². The number of amides is 1. The van der Waals surface area contributed by atoms with E-state index in [2.05, 4.69) is 10.3 Å². The zero-order chi connectivity index (χ0) is 18.8. The van der Waals surface area contributed by atoms with Crippen LogP contribution in [0, 0.1) is 6.92 Å². The summed E-state index contributed by atoms with van der Waals surface area (Å²) in [6.07, 6.45) is 0.650. The molecular weight excluding hydrogens is 344 g/mol. The number of aryl methyl sites for hydroxylation is 2. The van der Waals surface area contributed by atoms with Crippen LogP contribution in [-0.2, 0) is 17.8 Å². The monoisotopic (exact) mass is 364 g/mol.